The van der Waals surface area contributed by atoms with Gasteiger partial charge in [-0.2, -0.15) is 0 Å². The number of aryl methyl sites for hydroxylation is 2. The van der Waals surface area contributed by atoms with Crippen molar-refractivity contribution in [2.75, 3.05) is 0 Å². The van der Waals surface area contributed by atoms with Crippen LogP contribution in [0, 0.1) is 0 Å². The molecule has 2 aromatic rings. The van der Waals surface area contributed by atoms with Crippen molar-refractivity contribution in [1.29, 1.82) is 0 Å². The molecule has 0 radical (unpaired) electrons. The summed E-state index contributed by atoms with van der Waals surface area (Å²) in [4.78, 5) is 6.70. The van der Waals surface area contributed by atoms with Crippen LogP contribution in [0.4, 0.5) is 0 Å². The minimum Gasteiger partial charge on any atom is -0.332 e. The van der Waals surface area contributed by atoms with Gasteiger partial charge in [-0.1, -0.05) is 6.92 Å². The number of nitrogens with zero attached hydrogens (tertiary/aromatic N) is 4. The van der Waals surface area contributed by atoms with Crippen molar-refractivity contribution < 1.29 is 8.42 Å². The molecule has 2 heterocycles. The smallest absolute Gasteiger partial charge is 0.258 e. The third-order valence-electron chi connectivity index (χ3n) is 2.45. The van der Waals surface area contributed by atoms with E-state index in [0.29, 0.717) is 18.1 Å². The Hall–Kier alpha value is -1.74. The van der Waals surface area contributed by atoms with Crippen molar-refractivity contribution in [2.24, 2.45) is 7.05 Å². The minimum absolute atomic E-state index is 0.0570. The molecule has 0 aliphatic rings. The summed E-state index contributed by atoms with van der Waals surface area (Å²) in [6, 6.07) is 0. The van der Waals surface area contributed by atoms with Crippen molar-refractivity contribution in [3.05, 3.63) is 24.2 Å². The van der Waals surface area contributed by atoms with E-state index >= 15 is 0 Å². The Morgan fingerprint density at radius 1 is 1.50 bits per heavy atom. The first kappa shape index (κ1) is 12.7. The van der Waals surface area contributed by atoms with E-state index in [9.17, 15) is 8.42 Å². The Morgan fingerprint density at radius 2 is 2.28 bits per heavy atom. The predicted molar refractivity (Wildman–Crippen MR) is 63.0 cm³/mol. The zero-order valence-electron chi connectivity index (χ0n) is 10.1. The van der Waals surface area contributed by atoms with E-state index in [1.807, 2.05) is 6.92 Å². The topological polar surface area (TPSA) is 106 Å². The van der Waals surface area contributed by atoms with Crippen LogP contribution in [-0.4, -0.2) is 33.2 Å². The van der Waals surface area contributed by atoms with E-state index in [1.165, 1.54) is 12.5 Å². The summed E-state index contributed by atoms with van der Waals surface area (Å²) < 4.78 is 27.9. The summed E-state index contributed by atoms with van der Waals surface area (Å²) in [5, 5.41) is 7.52. The molecule has 18 heavy (non-hydrogen) atoms. The molecule has 0 aliphatic heterocycles. The third kappa shape index (κ3) is 2.57. The number of sulfonamides is 1. The van der Waals surface area contributed by atoms with Gasteiger partial charge in [0.05, 0.1) is 12.7 Å². The molecule has 0 atom stereocenters. The van der Waals surface area contributed by atoms with Gasteiger partial charge in [0.25, 0.3) is 10.0 Å². The Labute approximate surface area is 105 Å². The maximum absolute atomic E-state index is 11.9. The minimum atomic E-state index is -3.59. The molecule has 0 amide bonds. The molecule has 8 nitrogen and oxygen atoms in total. The lowest BCUT2D eigenvalue weighted by Crippen LogP contribution is -2.25. The SMILES string of the molecule is CCc1ncc(S(=O)(=O)NCc2nncn2C)[nH]1. The number of nitrogens with one attached hydrogen (secondary N) is 2. The van der Waals surface area contributed by atoms with Gasteiger partial charge < -0.3 is 9.55 Å². The van der Waals surface area contributed by atoms with Crippen molar-refractivity contribution in [3.63, 3.8) is 0 Å². The van der Waals surface area contributed by atoms with E-state index in [0.717, 1.165) is 0 Å². The average Bonchev–Trinajstić information content (AvgIpc) is 2.95. The van der Waals surface area contributed by atoms with Gasteiger partial charge in [-0.25, -0.2) is 18.1 Å². The first-order valence-corrected chi connectivity index (χ1v) is 6.87. The first-order chi connectivity index (χ1) is 8.53. The lowest BCUT2D eigenvalue weighted by molar-refractivity contribution is 0.574. The summed E-state index contributed by atoms with van der Waals surface area (Å²) in [5.41, 5.74) is 0. The molecule has 2 rings (SSSR count). The summed E-state index contributed by atoms with van der Waals surface area (Å²) in [5.74, 6) is 1.17. The molecule has 98 valence electrons. The fourth-order valence-corrected chi connectivity index (χ4v) is 2.28. The van der Waals surface area contributed by atoms with Crippen LogP contribution in [0.1, 0.15) is 18.6 Å². The molecule has 0 aliphatic carbocycles. The molecule has 2 N–H and O–H groups in total. The summed E-state index contributed by atoms with van der Waals surface area (Å²) in [7, 11) is -1.85. The molecule has 0 spiro atoms. The van der Waals surface area contributed by atoms with Crippen molar-refractivity contribution in [1.82, 2.24) is 29.5 Å². The van der Waals surface area contributed by atoms with Crippen LogP contribution in [0.3, 0.4) is 0 Å². The van der Waals surface area contributed by atoms with Crippen molar-refractivity contribution in [3.8, 4) is 0 Å². The van der Waals surface area contributed by atoms with E-state index < -0.39 is 10.0 Å². The van der Waals surface area contributed by atoms with E-state index in [-0.39, 0.29) is 11.6 Å². The van der Waals surface area contributed by atoms with Gasteiger partial charge >= 0.3 is 0 Å². The second-order valence-corrected chi connectivity index (χ2v) is 5.47. The highest BCUT2D eigenvalue weighted by Gasteiger charge is 2.17. The van der Waals surface area contributed by atoms with Crippen LogP contribution in [0.15, 0.2) is 17.6 Å². The molecular formula is C9H14N6O2S. The second kappa shape index (κ2) is 4.86. The molecular weight excluding hydrogens is 256 g/mol. The number of H-pyrrole nitrogens is 1. The highest BCUT2D eigenvalue weighted by atomic mass is 32.2. The number of rotatable bonds is 5. The fraction of sp³-hybridized carbons (Fsp3) is 0.444. The molecule has 0 saturated carbocycles. The van der Waals surface area contributed by atoms with Gasteiger partial charge in [-0.3, -0.25) is 0 Å². The van der Waals surface area contributed by atoms with Crippen LogP contribution in [0.5, 0.6) is 0 Å². The quantitative estimate of drug-likeness (QED) is 0.767. The van der Waals surface area contributed by atoms with Crippen LogP contribution < -0.4 is 4.72 Å². The van der Waals surface area contributed by atoms with Crippen molar-refractivity contribution >= 4 is 10.0 Å². The average molecular weight is 270 g/mol. The number of imidazole rings is 1. The highest BCUT2D eigenvalue weighted by Crippen LogP contribution is 2.06. The van der Waals surface area contributed by atoms with Crippen molar-refractivity contribution in [2.45, 2.75) is 24.9 Å². The third-order valence-corrected chi connectivity index (χ3v) is 3.77. The molecule has 9 heteroatoms. The van der Waals surface area contributed by atoms with E-state index in [2.05, 4.69) is 24.9 Å². The van der Waals surface area contributed by atoms with Crippen LogP contribution >= 0.6 is 0 Å². The van der Waals surface area contributed by atoms with Gasteiger partial charge in [0.15, 0.2) is 5.03 Å². The number of hydrogen-bond acceptors (Lipinski definition) is 5. The summed E-state index contributed by atoms with van der Waals surface area (Å²) in [6.45, 7) is 1.97. The van der Waals surface area contributed by atoms with E-state index in [4.69, 9.17) is 0 Å². The fourth-order valence-electron chi connectivity index (χ4n) is 1.36. The predicted octanol–water partition coefficient (Wildman–Crippen LogP) is -0.421. The lowest BCUT2D eigenvalue weighted by atomic mass is 10.5. The van der Waals surface area contributed by atoms with Crippen LogP contribution in [0.25, 0.3) is 0 Å². The molecule has 0 unspecified atom stereocenters. The van der Waals surface area contributed by atoms with Gasteiger partial charge in [0, 0.05) is 13.5 Å². The Kier molecular flexibility index (Phi) is 3.43. The zero-order chi connectivity index (χ0) is 13.2. The largest absolute Gasteiger partial charge is 0.332 e. The Morgan fingerprint density at radius 3 is 2.83 bits per heavy atom. The first-order valence-electron chi connectivity index (χ1n) is 5.39. The Bertz CT molecular complexity index is 629. The molecule has 0 saturated heterocycles. The Balaban J connectivity index is 2.10. The maximum atomic E-state index is 11.9. The summed E-state index contributed by atoms with van der Waals surface area (Å²) in [6.07, 6.45) is 3.46. The van der Waals surface area contributed by atoms with Crippen LogP contribution in [0.2, 0.25) is 0 Å². The van der Waals surface area contributed by atoms with Gasteiger partial charge in [0.1, 0.15) is 18.0 Å². The van der Waals surface area contributed by atoms with Crippen LogP contribution in [-0.2, 0) is 30.0 Å². The van der Waals surface area contributed by atoms with Gasteiger partial charge in [-0.05, 0) is 0 Å². The molecule has 0 aromatic carbocycles. The van der Waals surface area contributed by atoms with E-state index in [1.54, 1.807) is 11.6 Å². The highest BCUT2D eigenvalue weighted by molar-refractivity contribution is 7.89. The number of aromatic nitrogens is 5. The van der Waals surface area contributed by atoms with Gasteiger partial charge in [-0.15, -0.1) is 10.2 Å². The lowest BCUT2D eigenvalue weighted by Gasteiger charge is -2.03. The molecule has 0 fully saturated rings. The standard InChI is InChI=1S/C9H14N6O2S/c1-3-7-10-5-9(13-7)18(16,17)12-4-8-14-11-6-15(8)2/h5-6,12H,3-4H2,1-2H3,(H,10,13). The molecule has 2 aromatic heterocycles. The normalized spacial score (nSPS) is 11.9. The van der Waals surface area contributed by atoms with Gasteiger partial charge in [0.2, 0.25) is 0 Å². The summed E-state index contributed by atoms with van der Waals surface area (Å²) >= 11 is 0. The second-order valence-electron chi connectivity index (χ2n) is 3.73. The zero-order valence-corrected chi connectivity index (χ0v) is 10.9. The number of hydrogen-bond donors (Lipinski definition) is 2. The maximum Gasteiger partial charge on any atom is 0.258 e. The monoisotopic (exact) mass is 270 g/mol. The molecule has 0 bridgehead atoms. The number of aromatic amines is 1.